The summed E-state index contributed by atoms with van der Waals surface area (Å²) in [7, 11) is 1.55. The van der Waals surface area contributed by atoms with Gasteiger partial charge in [0.05, 0.1) is 30.5 Å². The third kappa shape index (κ3) is 4.11. The van der Waals surface area contributed by atoms with Crippen LogP contribution in [0.1, 0.15) is 33.3 Å². The Morgan fingerprint density at radius 2 is 1.89 bits per heavy atom. The van der Waals surface area contributed by atoms with Crippen molar-refractivity contribution in [2.75, 3.05) is 13.7 Å². The van der Waals surface area contributed by atoms with Gasteiger partial charge >= 0.3 is 5.97 Å². The lowest BCUT2D eigenvalue weighted by molar-refractivity contribution is 0.0529. The number of ketones is 1. The van der Waals surface area contributed by atoms with Gasteiger partial charge in [-0.05, 0) is 42.8 Å². The highest BCUT2D eigenvalue weighted by molar-refractivity contribution is 9.10. The largest absolute Gasteiger partial charge is 0.497 e. The maximum atomic E-state index is 12.7. The summed E-state index contributed by atoms with van der Waals surface area (Å²) in [5, 5.41) is 0. The number of carbonyl (C=O) groups is 2. The summed E-state index contributed by atoms with van der Waals surface area (Å²) in [6.07, 6.45) is 4.93. The number of benzene rings is 1. The molecule has 0 bridgehead atoms. The summed E-state index contributed by atoms with van der Waals surface area (Å²) in [4.78, 5) is 25.0. The highest BCUT2D eigenvalue weighted by atomic mass is 79.9. The van der Waals surface area contributed by atoms with Gasteiger partial charge in [-0.15, -0.1) is 0 Å². The number of carbonyl (C=O) groups excluding carboxylic acids is 2. The summed E-state index contributed by atoms with van der Waals surface area (Å²) in [6, 6.07) is 12.6. The molecule has 2 aromatic heterocycles. The van der Waals surface area contributed by atoms with Crippen LogP contribution in [0.25, 0.3) is 11.6 Å². The van der Waals surface area contributed by atoms with Crippen LogP contribution in [0.3, 0.4) is 0 Å². The summed E-state index contributed by atoms with van der Waals surface area (Å²) >= 11 is 3.38. The van der Waals surface area contributed by atoms with Crippen LogP contribution in [0.5, 0.6) is 5.75 Å². The zero-order valence-corrected chi connectivity index (χ0v) is 16.5. The molecule has 0 fully saturated rings. The summed E-state index contributed by atoms with van der Waals surface area (Å²) in [6.45, 7) is 2.00. The minimum atomic E-state index is -0.473. The molecule has 6 heteroatoms. The maximum absolute atomic E-state index is 12.7. The monoisotopic (exact) mass is 427 g/mol. The zero-order chi connectivity index (χ0) is 19.4. The van der Waals surface area contributed by atoms with Gasteiger partial charge in [0.1, 0.15) is 5.75 Å². The first-order valence-electron chi connectivity index (χ1n) is 8.37. The molecule has 0 aliphatic carbocycles. The Kier molecular flexibility index (Phi) is 5.76. The van der Waals surface area contributed by atoms with E-state index < -0.39 is 5.97 Å². The molecule has 0 atom stereocenters. The number of fused-ring (bicyclic) bond motifs is 1. The molecule has 2 heterocycles. The molecule has 0 unspecified atom stereocenters. The molecule has 5 nitrogen and oxygen atoms in total. The molecule has 0 aliphatic rings. The van der Waals surface area contributed by atoms with E-state index in [9.17, 15) is 9.59 Å². The van der Waals surface area contributed by atoms with E-state index in [1.54, 1.807) is 48.9 Å². The van der Waals surface area contributed by atoms with Crippen LogP contribution in [-0.4, -0.2) is 29.9 Å². The Labute approximate surface area is 165 Å². The quantitative estimate of drug-likeness (QED) is 0.322. The minimum absolute atomic E-state index is 0.214. The van der Waals surface area contributed by atoms with E-state index in [0.29, 0.717) is 22.5 Å². The molecule has 1 aromatic carbocycles. The van der Waals surface area contributed by atoms with Gasteiger partial charge in [-0.2, -0.15) is 0 Å². The molecule has 0 spiro atoms. The van der Waals surface area contributed by atoms with E-state index >= 15 is 0 Å². The fourth-order valence-corrected chi connectivity index (χ4v) is 2.96. The van der Waals surface area contributed by atoms with Gasteiger partial charge in [0.15, 0.2) is 0 Å². The number of rotatable bonds is 6. The number of pyridine rings is 1. The molecule has 0 aliphatic heterocycles. The number of hydrogen-bond donors (Lipinski definition) is 0. The lowest BCUT2D eigenvalue weighted by Gasteiger charge is -2.04. The normalized spacial score (nSPS) is 11.1. The first-order valence-corrected chi connectivity index (χ1v) is 9.17. The van der Waals surface area contributed by atoms with Crippen molar-refractivity contribution in [2.45, 2.75) is 6.92 Å². The molecule has 0 saturated heterocycles. The number of allylic oxidation sites excluding steroid dienone is 1. The lowest BCUT2D eigenvalue weighted by atomic mass is 10.1. The van der Waals surface area contributed by atoms with Crippen molar-refractivity contribution >= 4 is 39.3 Å². The lowest BCUT2D eigenvalue weighted by Crippen LogP contribution is -2.04. The Morgan fingerprint density at radius 1 is 1.15 bits per heavy atom. The second kappa shape index (κ2) is 8.22. The summed E-state index contributed by atoms with van der Waals surface area (Å²) in [5.41, 5.74) is 2.17. The van der Waals surface area contributed by atoms with E-state index in [0.717, 1.165) is 10.0 Å². The predicted molar refractivity (Wildman–Crippen MR) is 107 cm³/mol. The summed E-state index contributed by atoms with van der Waals surface area (Å²) in [5.74, 6) is -0.0941. The Bertz CT molecular complexity index is 1020. The molecular formula is C21H18BrNO4. The zero-order valence-electron chi connectivity index (χ0n) is 14.9. The van der Waals surface area contributed by atoms with Gasteiger partial charge in [0.25, 0.3) is 0 Å². The maximum Gasteiger partial charge on any atom is 0.340 e. The van der Waals surface area contributed by atoms with Crippen molar-refractivity contribution in [1.29, 1.82) is 0 Å². The third-order valence-electron chi connectivity index (χ3n) is 4.02. The number of nitrogens with zero attached hydrogens (tertiary/aromatic N) is 1. The van der Waals surface area contributed by atoms with Gasteiger partial charge in [-0.1, -0.05) is 34.1 Å². The van der Waals surface area contributed by atoms with Crippen molar-refractivity contribution in [2.24, 2.45) is 0 Å². The number of esters is 1. The predicted octanol–water partition coefficient (Wildman–Crippen LogP) is 4.78. The van der Waals surface area contributed by atoms with Crippen molar-refractivity contribution in [3.63, 3.8) is 0 Å². The molecule has 3 rings (SSSR count). The van der Waals surface area contributed by atoms with Crippen molar-refractivity contribution in [3.8, 4) is 5.75 Å². The van der Waals surface area contributed by atoms with E-state index in [4.69, 9.17) is 9.47 Å². The first kappa shape index (κ1) is 18.9. The average molecular weight is 428 g/mol. The van der Waals surface area contributed by atoms with Crippen LogP contribution >= 0.6 is 15.9 Å². The highest BCUT2D eigenvalue weighted by Gasteiger charge is 2.19. The van der Waals surface area contributed by atoms with Gasteiger partial charge < -0.3 is 13.9 Å². The van der Waals surface area contributed by atoms with Crippen LogP contribution in [0.4, 0.5) is 0 Å². The molecule has 138 valence electrons. The van der Waals surface area contributed by atoms with E-state index in [-0.39, 0.29) is 12.4 Å². The second-order valence-corrected chi connectivity index (χ2v) is 6.65. The van der Waals surface area contributed by atoms with Crippen LogP contribution in [0.2, 0.25) is 0 Å². The standard InChI is InChI=1S/C21H18BrNO4/c1-3-27-21(25)17-13-19(23-11-10-16(26-2)12-18(17)23)20(24)9-6-14-4-7-15(22)8-5-14/h4-13H,3H2,1-2H3/b9-6+. The Balaban J connectivity index is 2.01. The topological polar surface area (TPSA) is 57.0 Å². The van der Waals surface area contributed by atoms with Crippen LogP contribution < -0.4 is 4.74 Å². The smallest absolute Gasteiger partial charge is 0.340 e. The van der Waals surface area contributed by atoms with Crippen molar-refractivity contribution in [3.05, 3.63) is 76.0 Å². The fraction of sp³-hybridized carbons (Fsp3) is 0.143. The van der Waals surface area contributed by atoms with E-state index in [1.165, 1.54) is 6.08 Å². The Hall–Kier alpha value is -2.86. The number of halogens is 1. The van der Waals surface area contributed by atoms with Gasteiger partial charge in [-0.25, -0.2) is 4.79 Å². The number of methoxy groups -OCH3 is 1. The molecule has 0 radical (unpaired) electrons. The van der Waals surface area contributed by atoms with Crippen molar-refractivity contribution < 1.29 is 19.1 Å². The fourth-order valence-electron chi connectivity index (χ4n) is 2.70. The van der Waals surface area contributed by atoms with Crippen LogP contribution in [-0.2, 0) is 4.74 Å². The number of aromatic nitrogens is 1. The molecule has 3 aromatic rings. The van der Waals surface area contributed by atoms with Gasteiger partial charge in [-0.3, -0.25) is 4.79 Å². The molecule has 0 N–H and O–H groups in total. The van der Waals surface area contributed by atoms with E-state index in [1.807, 2.05) is 24.3 Å². The SMILES string of the molecule is CCOC(=O)c1cc(C(=O)/C=C/c2ccc(Br)cc2)n2ccc(OC)cc12. The minimum Gasteiger partial charge on any atom is -0.497 e. The van der Waals surface area contributed by atoms with Gasteiger partial charge in [0, 0.05) is 16.7 Å². The van der Waals surface area contributed by atoms with Crippen LogP contribution in [0.15, 0.2) is 59.2 Å². The average Bonchev–Trinajstić information content (AvgIpc) is 3.06. The number of hydrogen-bond acceptors (Lipinski definition) is 4. The molecule has 0 amide bonds. The highest BCUT2D eigenvalue weighted by Crippen LogP contribution is 2.24. The Morgan fingerprint density at radius 3 is 2.56 bits per heavy atom. The molecular weight excluding hydrogens is 410 g/mol. The molecule has 27 heavy (non-hydrogen) atoms. The summed E-state index contributed by atoms with van der Waals surface area (Å²) < 4.78 is 13.0. The second-order valence-electron chi connectivity index (χ2n) is 5.73. The van der Waals surface area contributed by atoms with Gasteiger partial charge in [0.2, 0.25) is 5.78 Å². The number of ether oxygens (including phenoxy) is 2. The van der Waals surface area contributed by atoms with E-state index in [2.05, 4.69) is 15.9 Å². The first-order chi connectivity index (χ1) is 13.0. The van der Waals surface area contributed by atoms with Crippen molar-refractivity contribution in [1.82, 2.24) is 4.40 Å². The van der Waals surface area contributed by atoms with Crippen LogP contribution in [0, 0.1) is 0 Å². The third-order valence-corrected chi connectivity index (χ3v) is 4.55. The molecule has 0 saturated carbocycles.